The standard InChI is InChI=1S/C9H14N4O3/c14-13(15)9-8(5-11-12-9)16-6-7-3-1-2-4-10-7/h5,7,10H,1-4,6H2,(H,11,12). The fourth-order valence-electron chi connectivity index (χ4n) is 1.76. The zero-order chi connectivity index (χ0) is 11.4. The minimum atomic E-state index is -0.531. The Balaban J connectivity index is 1.88. The van der Waals surface area contributed by atoms with Gasteiger partial charge in [0.15, 0.2) is 0 Å². The molecule has 1 aliphatic rings. The molecule has 1 aliphatic heterocycles. The molecule has 0 aliphatic carbocycles. The number of hydrogen-bond acceptors (Lipinski definition) is 5. The number of aromatic nitrogens is 2. The lowest BCUT2D eigenvalue weighted by Gasteiger charge is -2.22. The van der Waals surface area contributed by atoms with Crippen LogP contribution in [0.3, 0.4) is 0 Å². The summed E-state index contributed by atoms with van der Waals surface area (Å²) in [4.78, 5) is 10.0. The molecule has 2 rings (SSSR count). The van der Waals surface area contributed by atoms with Gasteiger partial charge in [0.05, 0.1) is 0 Å². The van der Waals surface area contributed by atoms with Crippen molar-refractivity contribution in [3.05, 3.63) is 16.3 Å². The van der Waals surface area contributed by atoms with Crippen molar-refractivity contribution in [1.82, 2.24) is 15.5 Å². The van der Waals surface area contributed by atoms with E-state index in [2.05, 4.69) is 15.5 Å². The molecule has 1 fully saturated rings. The van der Waals surface area contributed by atoms with Crippen LogP contribution in [0.25, 0.3) is 0 Å². The average Bonchev–Trinajstić information content (AvgIpc) is 2.76. The van der Waals surface area contributed by atoms with Crippen LogP contribution in [-0.2, 0) is 0 Å². The van der Waals surface area contributed by atoms with Crippen LogP contribution in [0.15, 0.2) is 6.20 Å². The number of nitrogens with one attached hydrogen (secondary N) is 2. The van der Waals surface area contributed by atoms with Gasteiger partial charge >= 0.3 is 5.82 Å². The Bertz CT molecular complexity index is 359. The fourth-order valence-corrected chi connectivity index (χ4v) is 1.76. The fraction of sp³-hybridized carbons (Fsp3) is 0.667. The maximum absolute atomic E-state index is 10.6. The Morgan fingerprint density at radius 2 is 2.50 bits per heavy atom. The topological polar surface area (TPSA) is 93.1 Å². The van der Waals surface area contributed by atoms with Gasteiger partial charge in [-0.05, 0) is 24.3 Å². The van der Waals surface area contributed by atoms with Gasteiger partial charge in [-0.25, -0.2) is 0 Å². The van der Waals surface area contributed by atoms with Gasteiger partial charge in [-0.1, -0.05) is 11.5 Å². The number of rotatable bonds is 4. The lowest BCUT2D eigenvalue weighted by molar-refractivity contribution is -0.390. The second kappa shape index (κ2) is 4.93. The summed E-state index contributed by atoms with van der Waals surface area (Å²) in [5.74, 6) is 0.0215. The molecule has 0 spiro atoms. The first-order valence-electron chi connectivity index (χ1n) is 5.31. The molecule has 1 unspecified atom stereocenters. The molecule has 2 heterocycles. The third-order valence-electron chi connectivity index (χ3n) is 2.62. The van der Waals surface area contributed by atoms with Crippen LogP contribution >= 0.6 is 0 Å². The lowest BCUT2D eigenvalue weighted by atomic mass is 10.1. The van der Waals surface area contributed by atoms with Gasteiger partial charge in [0.25, 0.3) is 0 Å². The van der Waals surface area contributed by atoms with Crippen molar-refractivity contribution in [2.24, 2.45) is 0 Å². The molecule has 16 heavy (non-hydrogen) atoms. The van der Waals surface area contributed by atoms with E-state index in [1.165, 1.54) is 19.0 Å². The van der Waals surface area contributed by atoms with Gasteiger partial charge in [-0.15, -0.1) is 5.10 Å². The Morgan fingerprint density at radius 3 is 3.19 bits per heavy atom. The van der Waals surface area contributed by atoms with Crippen LogP contribution in [0.4, 0.5) is 5.82 Å². The van der Waals surface area contributed by atoms with Crippen LogP contribution in [0.5, 0.6) is 5.75 Å². The van der Waals surface area contributed by atoms with Crippen molar-refractivity contribution < 1.29 is 9.66 Å². The van der Waals surface area contributed by atoms with E-state index in [1.807, 2.05) is 0 Å². The van der Waals surface area contributed by atoms with Crippen molar-refractivity contribution in [3.8, 4) is 5.75 Å². The number of piperidine rings is 1. The molecule has 1 atom stereocenters. The molecule has 1 aromatic heterocycles. The van der Waals surface area contributed by atoms with Crippen molar-refractivity contribution in [3.63, 3.8) is 0 Å². The number of aromatic amines is 1. The number of nitrogens with zero attached hydrogens (tertiary/aromatic N) is 2. The number of ether oxygens (including phenoxy) is 1. The molecule has 0 aromatic carbocycles. The van der Waals surface area contributed by atoms with Crippen LogP contribution in [0.2, 0.25) is 0 Å². The first-order valence-corrected chi connectivity index (χ1v) is 5.31. The smallest absolute Gasteiger partial charge is 0.385 e. The van der Waals surface area contributed by atoms with Crippen molar-refractivity contribution in [2.75, 3.05) is 13.2 Å². The predicted molar refractivity (Wildman–Crippen MR) is 56.4 cm³/mol. The van der Waals surface area contributed by atoms with E-state index in [-0.39, 0.29) is 17.6 Å². The summed E-state index contributed by atoms with van der Waals surface area (Å²) in [6.45, 7) is 1.43. The quantitative estimate of drug-likeness (QED) is 0.586. The summed E-state index contributed by atoms with van der Waals surface area (Å²) in [5, 5.41) is 19.8. The Labute approximate surface area is 92.3 Å². The molecular weight excluding hydrogens is 212 g/mol. The monoisotopic (exact) mass is 226 g/mol. The van der Waals surface area contributed by atoms with Crippen LogP contribution in [0.1, 0.15) is 19.3 Å². The van der Waals surface area contributed by atoms with E-state index in [4.69, 9.17) is 4.74 Å². The third kappa shape index (κ3) is 2.48. The van der Waals surface area contributed by atoms with Crippen LogP contribution in [-0.4, -0.2) is 34.3 Å². The molecule has 1 aromatic rings. The van der Waals surface area contributed by atoms with E-state index in [9.17, 15) is 10.1 Å². The molecule has 0 bridgehead atoms. The normalized spacial score (nSPS) is 20.6. The average molecular weight is 226 g/mol. The molecule has 7 heteroatoms. The van der Waals surface area contributed by atoms with E-state index >= 15 is 0 Å². The van der Waals surface area contributed by atoms with Crippen molar-refractivity contribution in [1.29, 1.82) is 0 Å². The molecular formula is C9H14N4O3. The molecule has 0 radical (unpaired) electrons. The first kappa shape index (κ1) is 10.9. The summed E-state index contributed by atoms with van der Waals surface area (Å²) in [7, 11) is 0. The minimum absolute atomic E-state index is 0.184. The Kier molecular flexibility index (Phi) is 3.35. The summed E-state index contributed by atoms with van der Waals surface area (Å²) < 4.78 is 5.38. The van der Waals surface area contributed by atoms with Gasteiger partial charge in [0.1, 0.15) is 12.8 Å². The van der Waals surface area contributed by atoms with E-state index < -0.39 is 4.92 Å². The van der Waals surface area contributed by atoms with Gasteiger partial charge < -0.3 is 20.2 Å². The van der Waals surface area contributed by atoms with Gasteiger partial charge in [0, 0.05) is 6.04 Å². The SMILES string of the molecule is O=[N+]([O-])c1[nH]ncc1OCC1CCCCN1. The maximum Gasteiger partial charge on any atom is 0.385 e. The predicted octanol–water partition coefficient (Wildman–Crippen LogP) is 0.839. The zero-order valence-corrected chi connectivity index (χ0v) is 8.81. The number of hydrogen-bond donors (Lipinski definition) is 2. The third-order valence-corrected chi connectivity index (χ3v) is 2.62. The van der Waals surface area contributed by atoms with Gasteiger partial charge in [-0.3, -0.25) is 0 Å². The molecule has 0 saturated carbocycles. The highest BCUT2D eigenvalue weighted by Crippen LogP contribution is 2.23. The second-order valence-corrected chi connectivity index (χ2v) is 3.80. The molecule has 0 amide bonds. The van der Waals surface area contributed by atoms with Crippen molar-refractivity contribution >= 4 is 5.82 Å². The van der Waals surface area contributed by atoms with Gasteiger partial charge in [-0.2, -0.15) is 0 Å². The second-order valence-electron chi connectivity index (χ2n) is 3.80. The highest BCUT2D eigenvalue weighted by molar-refractivity contribution is 5.36. The number of nitro groups is 1. The van der Waals surface area contributed by atoms with E-state index in [1.54, 1.807) is 0 Å². The summed E-state index contributed by atoms with van der Waals surface area (Å²) >= 11 is 0. The summed E-state index contributed by atoms with van der Waals surface area (Å²) in [6.07, 6.45) is 4.74. The highest BCUT2D eigenvalue weighted by Gasteiger charge is 2.19. The lowest BCUT2D eigenvalue weighted by Crippen LogP contribution is -2.38. The summed E-state index contributed by atoms with van der Waals surface area (Å²) in [5.41, 5.74) is 0. The zero-order valence-electron chi connectivity index (χ0n) is 8.81. The molecule has 88 valence electrons. The van der Waals surface area contributed by atoms with Crippen LogP contribution in [0, 0.1) is 10.1 Å². The number of H-pyrrole nitrogens is 1. The molecule has 7 nitrogen and oxygen atoms in total. The minimum Gasteiger partial charge on any atom is -0.483 e. The van der Waals surface area contributed by atoms with Gasteiger partial charge in [0.2, 0.25) is 5.75 Å². The maximum atomic E-state index is 10.6. The van der Waals surface area contributed by atoms with E-state index in [0.29, 0.717) is 6.61 Å². The van der Waals surface area contributed by atoms with Crippen LogP contribution < -0.4 is 10.1 Å². The van der Waals surface area contributed by atoms with E-state index in [0.717, 1.165) is 13.0 Å². The summed E-state index contributed by atoms with van der Waals surface area (Å²) in [6, 6.07) is 0.281. The molecule has 2 N–H and O–H groups in total. The largest absolute Gasteiger partial charge is 0.483 e. The molecule has 1 saturated heterocycles. The highest BCUT2D eigenvalue weighted by atomic mass is 16.6. The van der Waals surface area contributed by atoms with Crippen molar-refractivity contribution in [2.45, 2.75) is 25.3 Å². The Morgan fingerprint density at radius 1 is 1.62 bits per heavy atom. The Hall–Kier alpha value is -1.63. The first-order chi connectivity index (χ1) is 7.77.